The fourth-order valence-corrected chi connectivity index (χ4v) is 2.29. The second-order valence-electron chi connectivity index (χ2n) is 4.67. The van der Waals surface area contributed by atoms with E-state index < -0.39 is 0 Å². The van der Waals surface area contributed by atoms with Crippen LogP contribution in [-0.4, -0.2) is 27.0 Å². The molecule has 0 unspecified atom stereocenters. The van der Waals surface area contributed by atoms with E-state index in [1.54, 1.807) is 0 Å². The summed E-state index contributed by atoms with van der Waals surface area (Å²) in [6.45, 7) is 4.15. The molecular weight excluding hydrogens is 202 g/mol. The fourth-order valence-electron chi connectivity index (χ4n) is 2.29. The van der Waals surface area contributed by atoms with Gasteiger partial charge in [0.05, 0.1) is 6.20 Å². The molecule has 16 heavy (non-hydrogen) atoms. The summed E-state index contributed by atoms with van der Waals surface area (Å²) in [5, 5.41) is 16.9. The number of hydrogen-bond acceptors (Lipinski definition) is 3. The third-order valence-corrected chi connectivity index (χ3v) is 3.58. The first kappa shape index (κ1) is 11.6. The Hall–Kier alpha value is -0.870. The highest BCUT2D eigenvalue weighted by Crippen LogP contribution is 2.34. The summed E-state index contributed by atoms with van der Waals surface area (Å²) < 4.78 is 1.94. The second kappa shape index (κ2) is 4.97. The van der Waals surface area contributed by atoms with Crippen molar-refractivity contribution in [3.8, 4) is 0 Å². The van der Waals surface area contributed by atoms with Gasteiger partial charge in [0.1, 0.15) is 0 Å². The molecule has 0 atom stereocenters. The number of hydrogen-bond donors (Lipinski definition) is 2. The van der Waals surface area contributed by atoms with Gasteiger partial charge >= 0.3 is 0 Å². The van der Waals surface area contributed by atoms with E-state index in [0.717, 1.165) is 19.5 Å². The van der Waals surface area contributed by atoms with Crippen LogP contribution >= 0.6 is 0 Å². The summed E-state index contributed by atoms with van der Waals surface area (Å²) in [5.74, 6) is 0. The molecule has 1 heterocycles. The molecular formula is C12H21N3O. The average molecular weight is 223 g/mol. The summed E-state index contributed by atoms with van der Waals surface area (Å²) in [4.78, 5) is 0. The van der Waals surface area contributed by atoms with Gasteiger partial charge in [-0.25, -0.2) is 0 Å². The van der Waals surface area contributed by atoms with Crippen molar-refractivity contribution in [2.45, 2.75) is 51.2 Å². The van der Waals surface area contributed by atoms with Gasteiger partial charge in [-0.3, -0.25) is 4.68 Å². The molecule has 4 nitrogen and oxygen atoms in total. The van der Waals surface area contributed by atoms with Gasteiger partial charge in [0.25, 0.3) is 0 Å². The molecule has 0 aliphatic heterocycles. The lowest BCUT2D eigenvalue weighted by atomic mass is 9.74. The summed E-state index contributed by atoms with van der Waals surface area (Å²) in [7, 11) is 0. The Morgan fingerprint density at radius 1 is 1.56 bits per heavy atom. The Morgan fingerprint density at radius 2 is 2.38 bits per heavy atom. The van der Waals surface area contributed by atoms with Gasteiger partial charge in [-0.05, 0) is 32.6 Å². The minimum atomic E-state index is 0.197. The number of aliphatic hydroxyl groups is 1. The SMILES string of the molecule is CCn1cc(CNC2(CCO)CCC2)cn1. The molecule has 2 N–H and O–H groups in total. The van der Waals surface area contributed by atoms with E-state index in [-0.39, 0.29) is 12.1 Å². The normalized spacial score (nSPS) is 18.4. The number of aliphatic hydroxyl groups excluding tert-OH is 1. The first-order valence-corrected chi connectivity index (χ1v) is 6.15. The van der Waals surface area contributed by atoms with E-state index in [1.165, 1.54) is 24.8 Å². The Bertz CT molecular complexity index is 331. The van der Waals surface area contributed by atoms with Crippen LogP contribution in [0.15, 0.2) is 12.4 Å². The van der Waals surface area contributed by atoms with Crippen molar-refractivity contribution >= 4 is 0 Å². The molecule has 0 saturated heterocycles. The third-order valence-electron chi connectivity index (χ3n) is 3.58. The first-order chi connectivity index (χ1) is 7.78. The monoisotopic (exact) mass is 223 g/mol. The number of aryl methyl sites for hydroxylation is 1. The quantitative estimate of drug-likeness (QED) is 0.764. The molecule has 1 aromatic rings. The Balaban J connectivity index is 1.85. The highest BCUT2D eigenvalue weighted by molar-refractivity contribution is 5.06. The predicted octanol–water partition coefficient (Wildman–Crippen LogP) is 1.30. The van der Waals surface area contributed by atoms with Crippen LogP contribution in [0.2, 0.25) is 0 Å². The zero-order valence-electron chi connectivity index (χ0n) is 9.95. The second-order valence-corrected chi connectivity index (χ2v) is 4.67. The van der Waals surface area contributed by atoms with Gasteiger partial charge in [0.15, 0.2) is 0 Å². The standard InChI is InChI=1S/C12H21N3O/c1-2-15-10-11(9-14-15)8-13-12(6-7-16)4-3-5-12/h9-10,13,16H,2-8H2,1H3. The Labute approximate surface area is 96.7 Å². The topological polar surface area (TPSA) is 50.1 Å². The molecule has 1 saturated carbocycles. The lowest BCUT2D eigenvalue weighted by molar-refractivity contribution is 0.130. The van der Waals surface area contributed by atoms with E-state index in [4.69, 9.17) is 5.11 Å². The smallest absolute Gasteiger partial charge is 0.0534 e. The summed E-state index contributed by atoms with van der Waals surface area (Å²) >= 11 is 0. The summed E-state index contributed by atoms with van der Waals surface area (Å²) in [5.41, 5.74) is 1.43. The van der Waals surface area contributed by atoms with Gasteiger partial charge in [0, 0.05) is 37.0 Å². The highest BCUT2D eigenvalue weighted by atomic mass is 16.3. The van der Waals surface area contributed by atoms with Crippen LogP contribution in [0.5, 0.6) is 0 Å². The fraction of sp³-hybridized carbons (Fsp3) is 0.750. The molecule has 0 radical (unpaired) electrons. The van der Waals surface area contributed by atoms with Gasteiger partial charge in [-0.2, -0.15) is 5.10 Å². The molecule has 1 aromatic heterocycles. The van der Waals surface area contributed by atoms with E-state index in [9.17, 15) is 0 Å². The van der Waals surface area contributed by atoms with Crippen molar-refractivity contribution in [2.75, 3.05) is 6.61 Å². The van der Waals surface area contributed by atoms with E-state index >= 15 is 0 Å². The molecule has 0 amide bonds. The highest BCUT2D eigenvalue weighted by Gasteiger charge is 2.35. The minimum absolute atomic E-state index is 0.197. The van der Waals surface area contributed by atoms with Crippen LogP contribution in [-0.2, 0) is 13.1 Å². The van der Waals surface area contributed by atoms with E-state index in [1.807, 2.05) is 10.9 Å². The molecule has 4 heteroatoms. The first-order valence-electron chi connectivity index (χ1n) is 6.15. The molecule has 90 valence electrons. The Morgan fingerprint density at radius 3 is 2.88 bits per heavy atom. The molecule has 0 aromatic carbocycles. The summed E-state index contributed by atoms with van der Waals surface area (Å²) in [6, 6.07) is 0. The maximum absolute atomic E-state index is 9.05. The molecule has 0 bridgehead atoms. The van der Waals surface area contributed by atoms with Gasteiger partial charge in [-0.15, -0.1) is 0 Å². The van der Waals surface area contributed by atoms with Crippen molar-refractivity contribution in [1.82, 2.24) is 15.1 Å². The Kier molecular flexibility index (Phi) is 3.61. The molecule has 0 spiro atoms. The average Bonchev–Trinajstić information content (AvgIpc) is 2.70. The number of aromatic nitrogens is 2. The molecule has 1 aliphatic carbocycles. The van der Waals surface area contributed by atoms with Crippen molar-refractivity contribution in [2.24, 2.45) is 0 Å². The molecule has 1 fully saturated rings. The maximum atomic E-state index is 9.05. The lowest BCUT2D eigenvalue weighted by Crippen LogP contribution is -2.51. The van der Waals surface area contributed by atoms with Crippen molar-refractivity contribution in [1.29, 1.82) is 0 Å². The lowest BCUT2D eigenvalue weighted by Gasteiger charge is -2.42. The minimum Gasteiger partial charge on any atom is -0.396 e. The molecule has 1 aliphatic rings. The van der Waals surface area contributed by atoms with Crippen LogP contribution in [0.3, 0.4) is 0 Å². The largest absolute Gasteiger partial charge is 0.396 e. The number of nitrogens with zero attached hydrogens (tertiary/aromatic N) is 2. The summed E-state index contributed by atoms with van der Waals surface area (Å²) in [6.07, 6.45) is 8.53. The zero-order valence-corrected chi connectivity index (χ0v) is 9.95. The van der Waals surface area contributed by atoms with Gasteiger partial charge in [-0.1, -0.05) is 0 Å². The van der Waals surface area contributed by atoms with Crippen LogP contribution in [0, 0.1) is 0 Å². The third kappa shape index (κ3) is 2.44. The van der Waals surface area contributed by atoms with Gasteiger partial charge < -0.3 is 10.4 Å². The van der Waals surface area contributed by atoms with E-state index in [2.05, 4.69) is 23.5 Å². The maximum Gasteiger partial charge on any atom is 0.0534 e. The van der Waals surface area contributed by atoms with Crippen molar-refractivity contribution in [3.05, 3.63) is 18.0 Å². The van der Waals surface area contributed by atoms with Crippen LogP contribution in [0.25, 0.3) is 0 Å². The van der Waals surface area contributed by atoms with Gasteiger partial charge in [0.2, 0.25) is 0 Å². The zero-order chi connectivity index (χ0) is 11.4. The van der Waals surface area contributed by atoms with Crippen LogP contribution in [0.1, 0.15) is 38.2 Å². The van der Waals surface area contributed by atoms with Crippen LogP contribution < -0.4 is 5.32 Å². The predicted molar refractivity (Wildman–Crippen MR) is 63.0 cm³/mol. The van der Waals surface area contributed by atoms with E-state index in [0.29, 0.717) is 0 Å². The van der Waals surface area contributed by atoms with Crippen LogP contribution in [0.4, 0.5) is 0 Å². The number of nitrogens with one attached hydrogen (secondary N) is 1. The molecule has 2 rings (SSSR count). The van der Waals surface area contributed by atoms with Crippen molar-refractivity contribution in [3.63, 3.8) is 0 Å². The van der Waals surface area contributed by atoms with Crippen molar-refractivity contribution < 1.29 is 5.11 Å². The number of rotatable bonds is 6.